The van der Waals surface area contributed by atoms with Crippen LogP contribution < -0.4 is 20.9 Å². The fraction of sp³-hybridized carbons (Fsp3) is 0.0625. The normalized spacial score (nSPS) is 9.96. The number of hydrazine groups is 1. The molecule has 0 aliphatic heterocycles. The molecule has 0 unspecified atom stereocenters. The fourth-order valence-electron chi connectivity index (χ4n) is 1.73. The number of hydrogen-bond acceptors (Lipinski definition) is 4. The third-order valence-corrected chi connectivity index (χ3v) is 4.11. The van der Waals surface area contributed by atoms with Gasteiger partial charge in [-0.1, -0.05) is 45.2 Å². The van der Waals surface area contributed by atoms with Gasteiger partial charge in [0.15, 0.2) is 11.7 Å². The van der Waals surface area contributed by atoms with Crippen molar-refractivity contribution >= 4 is 68.3 Å². The second-order valence-electron chi connectivity index (χ2n) is 4.83. The molecule has 2 aromatic carbocycles. The first-order chi connectivity index (χ1) is 12.3. The van der Waals surface area contributed by atoms with Crippen LogP contribution in [-0.4, -0.2) is 23.5 Å². The second-order valence-corrected chi connectivity index (χ2v) is 7.00. The molecule has 3 N–H and O–H groups in total. The van der Waals surface area contributed by atoms with Gasteiger partial charge in [-0.25, -0.2) is 0 Å². The summed E-state index contributed by atoms with van der Waals surface area (Å²) in [6.07, 6.45) is 0. The van der Waals surface area contributed by atoms with Crippen molar-refractivity contribution in [1.29, 1.82) is 0 Å². The van der Waals surface area contributed by atoms with Crippen LogP contribution >= 0.6 is 51.3 Å². The van der Waals surface area contributed by atoms with Crippen LogP contribution in [0, 0.1) is 0 Å². The lowest BCUT2D eigenvalue weighted by molar-refractivity contribution is -0.123. The van der Waals surface area contributed by atoms with Crippen LogP contribution in [0.25, 0.3) is 0 Å². The molecule has 0 fully saturated rings. The van der Waals surface area contributed by atoms with Crippen molar-refractivity contribution in [1.82, 2.24) is 16.2 Å². The van der Waals surface area contributed by atoms with Gasteiger partial charge in [0, 0.05) is 15.1 Å². The molecular formula is C16H12BrCl2N3O3S. The number of benzene rings is 2. The van der Waals surface area contributed by atoms with Crippen molar-refractivity contribution in [2.45, 2.75) is 0 Å². The number of carbonyl (C=O) groups excluding carboxylic acids is 2. The van der Waals surface area contributed by atoms with Gasteiger partial charge < -0.3 is 4.74 Å². The molecule has 0 heterocycles. The Bertz CT molecular complexity index is 851. The highest BCUT2D eigenvalue weighted by molar-refractivity contribution is 9.10. The van der Waals surface area contributed by atoms with Gasteiger partial charge in [-0.15, -0.1) is 0 Å². The van der Waals surface area contributed by atoms with Crippen LogP contribution in [0.3, 0.4) is 0 Å². The van der Waals surface area contributed by atoms with Gasteiger partial charge in [0.1, 0.15) is 5.75 Å². The van der Waals surface area contributed by atoms with Crippen LogP contribution in [-0.2, 0) is 4.79 Å². The van der Waals surface area contributed by atoms with Gasteiger partial charge in [0.25, 0.3) is 11.8 Å². The highest BCUT2D eigenvalue weighted by Gasteiger charge is 2.10. The van der Waals surface area contributed by atoms with Crippen LogP contribution in [0.4, 0.5) is 0 Å². The van der Waals surface area contributed by atoms with Gasteiger partial charge in [0.05, 0.1) is 5.02 Å². The molecule has 26 heavy (non-hydrogen) atoms. The molecule has 10 heteroatoms. The number of halogens is 3. The smallest absolute Gasteiger partial charge is 0.276 e. The van der Waals surface area contributed by atoms with Gasteiger partial charge in [0.2, 0.25) is 0 Å². The minimum atomic E-state index is -0.511. The van der Waals surface area contributed by atoms with Gasteiger partial charge in [-0.05, 0) is 48.6 Å². The van der Waals surface area contributed by atoms with E-state index in [1.807, 2.05) is 0 Å². The van der Waals surface area contributed by atoms with Crippen molar-refractivity contribution in [2.24, 2.45) is 0 Å². The van der Waals surface area contributed by atoms with Crippen molar-refractivity contribution in [3.63, 3.8) is 0 Å². The topological polar surface area (TPSA) is 79.5 Å². The van der Waals surface area contributed by atoms with Crippen LogP contribution in [0.15, 0.2) is 46.9 Å². The highest BCUT2D eigenvalue weighted by Crippen LogP contribution is 2.27. The summed E-state index contributed by atoms with van der Waals surface area (Å²) in [6.45, 7) is -0.292. The van der Waals surface area contributed by atoms with E-state index in [2.05, 4.69) is 32.1 Å². The lowest BCUT2D eigenvalue weighted by Crippen LogP contribution is -2.49. The Hall–Kier alpha value is -1.87. The molecule has 0 radical (unpaired) electrons. The first-order valence-corrected chi connectivity index (χ1v) is 9.04. The van der Waals surface area contributed by atoms with Crippen molar-refractivity contribution in [3.8, 4) is 5.75 Å². The first kappa shape index (κ1) is 20.4. The number of nitrogens with one attached hydrogen (secondary N) is 3. The maximum Gasteiger partial charge on any atom is 0.276 e. The minimum absolute atomic E-state index is 0.0787. The number of thiocarbonyl (C=S) groups is 1. The summed E-state index contributed by atoms with van der Waals surface area (Å²) >= 11 is 20.0. The Kier molecular flexibility index (Phi) is 7.65. The quantitative estimate of drug-likeness (QED) is 0.465. The molecule has 0 aromatic heterocycles. The third kappa shape index (κ3) is 6.45. The molecule has 0 aliphatic carbocycles. The molecule has 0 atom stereocenters. The summed E-state index contributed by atoms with van der Waals surface area (Å²) in [5, 5.41) is 3.12. The summed E-state index contributed by atoms with van der Waals surface area (Å²) in [7, 11) is 0. The highest BCUT2D eigenvalue weighted by atomic mass is 79.9. The molecule has 0 aliphatic rings. The molecule has 0 spiro atoms. The standard InChI is InChI=1S/C16H12BrCl2N3O3S/c17-10-4-5-13(12(19)7-10)25-8-14(23)21-22-16(26)20-15(24)9-2-1-3-11(18)6-9/h1-7H,8H2,(H,21,23)(H2,20,22,24,26). The molecule has 0 saturated carbocycles. The lowest BCUT2D eigenvalue weighted by atomic mass is 10.2. The Morgan fingerprint density at radius 1 is 1.12 bits per heavy atom. The molecule has 6 nitrogen and oxygen atoms in total. The van der Waals surface area contributed by atoms with Gasteiger partial charge >= 0.3 is 0 Å². The van der Waals surface area contributed by atoms with E-state index >= 15 is 0 Å². The lowest BCUT2D eigenvalue weighted by Gasteiger charge is -2.12. The summed E-state index contributed by atoms with van der Waals surface area (Å²) in [4.78, 5) is 23.7. The monoisotopic (exact) mass is 475 g/mol. The van der Waals surface area contributed by atoms with Gasteiger partial charge in [-0.3, -0.25) is 25.8 Å². The van der Waals surface area contributed by atoms with Crippen molar-refractivity contribution in [3.05, 3.63) is 62.5 Å². The van der Waals surface area contributed by atoms with Crippen molar-refractivity contribution in [2.75, 3.05) is 6.61 Å². The van der Waals surface area contributed by atoms with Crippen LogP contribution in [0.5, 0.6) is 5.75 Å². The third-order valence-electron chi connectivity index (χ3n) is 2.88. The Morgan fingerprint density at radius 3 is 2.58 bits per heavy atom. The predicted molar refractivity (Wildman–Crippen MR) is 107 cm³/mol. The van der Waals surface area contributed by atoms with Gasteiger partial charge in [-0.2, -0.15) is 0 Å². The molecule has 2 aromatic rings. The van der Waals surface area contributed by atoms with E-state index in [4.69, 9.17) is 40.2 Å². The van der Waals surface area contributed by atoms with E-state index in [-0.39, 0.29) is 11.7 Å². The Balaban J connectivity index is 1.76. The van der Waals surface area contributed by atoms with Crippen LogP contribution in [0.2, 0.25) is 10.0 Å². The zero-order valence-corrected chi connectivity index (χ0v) is 16.9. The zero-order valence-electron chi connectivity index (χ0n) is 13.0. The van der Waals surface area contributed by atoms with E-state index in [1.54, 1.807) is 36.4 Å². The van der Waals surface area contributed by atoms with E-state index in [1.165, 1.54) is 6.07 Å². The first-order valence-electron chi connectivity index (χ1n) is 7.09. The van der Waals surface area contributed by atoms with Crippen LogP contribution in [0.1, 0.15) is 10.4 Å². The molecule has 0 saturated heterocycles. The zero-order chi connectivity index (χ0) is 19.1. The molecule has 2 amide bonds. The number of carbonyl (C=O) groups is 2. The van der Waals surface area contributed by atoms with E-state index in [0.717, 1.165) is 4.47 Å². The summed E-state index contributed by atoms with van der Waals surface area (Å²) in [5.41, 5.74) is 5.04. The predicted octanol–water partition coefficient (Wildman–Crippen LogP) is 3.47. The Morgan fingerprint density at radius 2 is 1.88 bits per heavy atom. The number of ether oxygens (including phenoxy) is 1. The van der Waals surface area contributed by atoms with E-state index < -0.39 is 11.8 Å². The second kappa shape index (κ2) is 9.72. The average Bonchev–Trinajstić information content (AvgIpc) is 2.59. The summed E-state index contributed by atoms with van der Waals surface area (Å²) < 4.78 is 6.09. The SMILES string of the molecule is O=C(COc1ccc(Br)cc1Cl)NNC(=S)NC(=O)c1cccc(Cl)c1. The largest absolute Gasteiger partial charge is 0.482 e. The Labute approximate surface area is 173 Å². The maximum atomic E-state index is 12.0. The minimum Gasteiger partial charge on any atom is -0.482 e. The summed E-state index contributed by atoms with van der Waals surface area (Å²) in [6, 6.07) is 11.4. The fourth-order valence-corrected chi connectivity index (χ4v) is 2.80. The molecular weight excluding hydrogens is 465 g/mol. The number of amides is 2. The molecule has 0 bridgehead atoms. The van der Waals surface area contributed by atoms with E-state index in [0.29, 0.717) is 21.4 Å². The van der Waals surface area contributed by atoms with E-state index in [9.17, 15) is 9.59 Å². The molecule has 2 rings (SSSR count). The van der Waals surface area contributed by atoms with Crippen molar-refractivity contribution < 1.29 is 14.3 Å². The number of rotatable bonds is 4. The maximum absolute atomic E-state index is 12.0. The number of hydrogen-bond donors (Lipinski definition) is 3. The molecule has 136 valence electrons. The average molecular weight is 477 g/mol. The summed E-state index contributed by atoms with van der Waals surface area (Å²) in [5.74, 6) is -0.609.